The first-order valence-corrected chi connectivity index (χ1v) is 8.36. The molecule has 2 aliphatic heterocycles. The van der Waals surface area contributed by atoms with Gasteiger partial charge < -0.3 is 9.47 Å². The van der Waals surface area contributed by atoms with Crippen molar-refractivity contribution in [2.24, 2.45) is 5.92 Å². The number of carbonyl (C=O) groups is 1. The molecule has 3 rings (SSSR count). The van der Waals surface area contributed by atoms with E-state index in [4.69, 9.17) is 9.47 Å². The molecule has 3 atom stereocenters. The van der Waals surface area contributed by atoms with Gasteiger partial charge in [0.2, 0.25) is 0 Å². The summed E-state index contributed by atoms with van der Waals surface area (Å²) < 4.78 is 26.6. The van der Waals surface area contributed by atoms with Gasteiger partial charge in [0.1, 0.15) is 11.4 Å². The van der Waals surface area contributed by atoms with Gasteiger partial charge in [0.05, 0.1) is 18.3 Å². The number of benzene rings is 1. The molecule has 0 saturated carbocycles. The van der Waals surface area contributed by atoms with Crippen molar-refractivity contribution < 1.29 is 18.7 Å². The average molecular weight is 371 g/mol. The molecule has 1 aromatic rings. The van der Waals surface area contributed by atoms with Crippen LogP contribution in [0.15, 0.2) is 22.7 Å². The SMILES string of the molecule is CC(C)[C@]12C[C@@H](OCc3c(F)cccc3Br)[C@](C)(CC1=O)O2. The van der Waals surface area contributed by atoms with E-state index in [1.165, 1.54) is 6.07 Å². The summed E-state index contributed by atoms with van der Waals surface area (Å²) in [5.74, 6) is -0.0224. The first kappa shape index (κ1) is 16.1. The van der Waals surface area contributed by atoms with Crippen molar-refractivity contribution in [3.63, 3.8) is 0 Å². The van der Waals surface area contributed by atoms with Crippen molar-refractivity contribution in [3.8, 4) is 0 Å². The van der Waals surface area contributed by atoms with Crippen LogP contribution >= 0.6 is 15.9 Å². The van der Waals surface area contributed by atoms with E-state index in [1.54, 1.807) is 12.1 Å². The maximum Gasteiger partial charge on any atom is 0.167 e. The van der Waals surface area contributed by atoms with Crippen LogP contribution in [0, 0.1) is 11.7 Å². The smallest absolute Gasteiger partial charge is 0.167 e. The molecule has 0 unspecified atom stereocenters. The molecular weight excluding hydrogens is 351 g/mol. The largest absolute Gasteiger partial charge is 0.370 e. The van der Waals surface area contributed by atoms with Gasteiger partial charge in [0.25, 0.3) is 0 Å². The van der Waals surface area contributed by atoms with Crippen LogP contribution in [-0.4, -0.2) is 23.1 Å². The topological polar surface area (TPSA) is 35.5 Å². The summed E-state index contributed by atoms with van der Waals surface area (Å²) in [7, 11) is 0. The highest BCUT2D eigenvalue weighted by Gasteiger charge is 2.65. The second-order valence-corrected chi connectivity index (χ2v) is 7.62. The quantitative estimate of drug-likeness (QED) is 0.802. The van der Waals surface area contributed by atoms with Gasteiger partial charge in [0, 0.05) is 22.9 Å². The lowest BCUT2D eigenvalue weighted by atomic mass is 9.74. The van der Waals surface area contributed by atoms with Crippen LogP contribution in [0.5, 0.6) is 0 Å². The fourth-order valence-corrected chi connectivity index (χ4v) is 4.03. The van der Waals surface area contributed by atoms with Gasteiger partial charge >= 0.3 is 0 Å². The van der Waals surface area contributed by atoms with Gasteiger partial charge in [-0.3, -0.25) is 4.79 Å². The molecule has 0 aliphatic carbocycles. The molecule has 1 aromatic carbocycles. The van der Waals surface area contributed by atoms with E-state index in [9.17, 15) is 9.18 Å². The standard InChI is InChI=1S/C17H20BrFO3/c1-10(2)17-8-15(16(3,22-17)7-14(17)20)21-9-11-12(18)5-4-6-13(11)19/h4-6,10,15H,7-9H2,1-3H3/t15-,16+,17-/m1/s1. The summed E-state index contributed by atoms with van der Waals surface area (Å²) in [5, 5.41) is 0. The highest BCUT2D eigenvalue weighted by Crippen LogP contribution is 2.53. The van der Waals surface area contributed by atoms with E-state index in [-0.39, 0.29) is 30.2 Å². The van der Waals surface area contributed by atoms with Crippen molar-refractivity contribution in [1.82, 2.24) is 0 Å². The molecule has 0 aromatic heterocycles. The van der Waals surface area contributed by atoms with Crippen LogP contribution in [-0.2, 0) is 20.9 Å². The van der Waals surface area contributed by atoms with Crippen molar-refractivity contribution in [3.05, 3.63) is 34.1 Å². The Hall–Kier alpha value is -0.780. The third-order valence-electron chi connectivity index (χ3n) is 4.99. The predicted molar refractivity (Wildman–Crippen MR) is 84.0 cm³/mol. The van der Waals surface area contributed by atoms with Crippen LogP contribution in [0.1, 0.15) is 39.2 Å². The number of ketones is 1. The van der Waals surface area contributed by atoms with Crippen molar-refractivity contribution in [2.45, 2.75) is 57.5 Å². The molecule has 0 spiro atoms. The van der Waals surface area contributed by atoms with Crippen molar-refractivity contribution in [1.29, 1.82) is 0 Å². The van der Waals surface area contributed by atoms with E-state index in [2.05, 4.69) is 15.9 Å². The van der Waals surface area contributed by atoms with Gasteiger partial charge in [-0.15, -0.1) is 0 Å². The minimum Gasteiger partial charge on any atom is -0.370 e. The second-order valence-electron chi connectivity index (χ2n) is 6.76. The lowest BCUT2D eigenvalue weighted by molar-refractivity contribution is -0.136. The Morgan fingerprint density at radius 1 is 1.50 bits per heavy atom. The Morgan fingerprint density at radius 2 is 2.23 bits per heavy atom. The number of Topliss-reactive ketones (excluding diaryl/α,β-unsaturated/α-hetero) is 1. The molecule has 120 valence electrons. The Kier molecular flexibility index (Phi) is 3.94. The molecule has 0 amide bonds. The first-order chi connectivity index (χ1) is 10.3. The number of ether oxygens (including phenoxy) is 2. The zero-order chi connectivity index (χ0) is 16.1. The zero-order valence-electron chi connectivity index (χ0n) is 13.0. The molecular formula is C17H20BrFO3. The average Bonchev–Trinajstić information content (AvgIpc) is 2.86. The minimum absolute atomic E-state index is 0.107. The molecule has 2 bridgehead atoms. The number of hydrogen-bond donors (Lipinski definition) is 0. The van der Waals surface area contributed by atoms with Crippen LogP contribution < -0.4 is 0 Å². The van der Waals surface area contributed by atoms with Gasteiger partial charge in [0.15, 0.2) is 5.78 Å². The fourth-order valence-electron chi connectivity index (χ4n) is 3.57. The molecule has 5 heteroatoms. The van der Waals surface area contributed by atoms with Gasteiger partial charge in [-0.25, -0.2) is 4.39 Å². The van der Waals surface area contributed by atoms with E-state index in [0.717, 1.165) is 0 Å². The summed E-state index contributed by atoms with van der Waals surface area (Å²) in [4.78, 5) is 12.3. The maximum atomic E-state index is 13.9. The summed E-state index contributed by atoms with van der Waals surface area (Å²) in [6, 6.07) is 4.86. The number of carbonyl (C=O) groups excluding carboxylic acids is 1. The van der Waals surface area contributed by atoms with Crippen LogP contribution in [0.4, 0.5) is 4.39 Å². The van der Waals surface area contributed by atoms with Gasteiger partial charge in [-0.1, -0.05) is 35.8 Å². The molecule has 2 heterocycles. The normalized spacial score (nSPS) is 33.9. The fraction of sp³-hybridized carbons (Fsp3) is 0.588. The van der Waals surface area contributed by atoms with E-state index >= 15 is 0 Å². The molecule has 2 aliphatic rings. The highest BCUT2D eigenvalue weighted by molar-refractivity contribution is 9.10. The van der Waals surface area contributed by atoms with Crippen LogP contribution in [0.2, 0.25) is 0 Å². The lowest BCUT2D eigenvalue weighted by Crippen LogP contribution is -2.44. The Balaban J connectivity index is 1.77. The third kappa shape index (κ3) is 2.34. The molecule has 2 saturated heterocycles. The Morgan fingerprint density at radius 3 is 2.82 bits per heavy atom. The van der Waals surface area contributed by atoms with Crippen molar-refractivity contribution in [2.75, 3.05) is 0 Å². The summed E-state index contributed by atoms with van der Waals surface area (Å²) in [6.07, 6.45) is 0.722. The predicted octanol–water partition coefficient (Wildman–Crippen LogP) is 4.02. The van der Waals surface area contributed by atoms with Crippen molar-refractivity contribution >= 4 is 21.7 Å². The summed E-state index contributed by atoms with van der Waals surface area (Å²) >= 11 is 3.35. The van der Waals surface area contributed by atoms with Crippen LogP contribution in [0.25, 0.3) is 0 Å². The number of rotatable bonds is 4. The van der Waals surface area contributed by atoms with E-state index < -0.39 is 11.2 Å². The highest BCUT2D eigenvalue weighted by atomic mass is 79.9. The molecule has 0 N–H and O–H groups in total. The molecule has 22 heavy (non-hydrogen) atoms. The van der Waals surface area contributed by atoms with E-state index in [0.29, 0.717) is 22.9 Å². The number of halogens is 2. The third-order valence-corrected chi connectivity index (χ3v) is 5.73. The van der Waals surface area contributed by atoms with Gasteiger partial charge in [-0.05, 0) is 25.0 Å². The summed E-state index contributed by atoms with van der Waals surface area (Å²) in [5.41, 5.74) is -0.830. The zero-order valence-corrected chi connectivity index (χ0v) is 14.6. The number of fused-ring (bicyclic) bond motifs is 2. The molecule has 2 fully saturated rings. The number of hydrogen-bond acceptors (Lipinski definition) is 3. The first-order valence-electron chi connectivity index (χ1n) is 7.56. The molecule has 0 radical (unpaired) electrons. The molecule has 3 nitrogen and oxygen atoms in total. The minimum atomic E-state index is -0.730. The van der Waals surface area contributed by atoms with E-state index in [1.807, 2.05) is 20.8 Å². The Bertz CT molecular complexity index is 598. The van der Waals surface area contributed by atoms with Crippen LogP contribution in [0.3, 0.4) is 0 Å². The lowest BCUT2D eigenvalue weighted by Gasteiger charge is -2.30. The van der Waals surface area contributed by atoms with Gasteiger partial charge in [-0.2, -0.15) is 0 Å². The second kappa shape index (κ2) is 5.39. The Labute approximate surface area is 138 Å². The summed E-state index contributed by atoms with van der Waals surface area (Å²) in [6.45, 7) is 6.08. The monoisotopic (exact) mass is 370 g/mol. The maximum absolute atomic E-state index is 13.9.